The highest BCUT2D eigenvalue weighted by molar-refractivity contribution is 4.44. The third kappa shape index (κ3) is 2.56. The summed E-state index contributed by atoms with van der Waals surface area (Å²) in [5, 5.41) is 16.8. The molecule has 0 unspecified atom stereocenters. The Kier molecular flexibility index (Phi) is 2.91. The molecule has 7 heavy (non-hydrogen) atoms. The number of likely N-dealkylation sites (N-methyl/N-ethyl adjacent to an activating group) is 1. The van der Waals surface area contributed by atoms with Crippen LogP contribution in [0.5, 0.6) is 0 Å². The largest absolute Gasteiger partial charge is 0.392 e. The minimum Gasteiger partial charge on any atom is -0.392 e. The van der Waals surface area contributed by atoms with Crippen molar-refractivity contribution < 1.29 is 10.2 Å². The molecule has 0 aromatic carbocycles. The van der Waals surface area contributed by atoms with Crippen LogP contribution in [0.1, 0.15) is 0 Å². The molecule has 0 aromatic heterocycles. The zero-order valence-electron chi connectivity index (χ0n) is 4.63. The lowest BCUT2D eigenvalue weighted by atomic mass is 10.6. The molecule has 3 heteroatoms. The number of aliphatic hydroxyl groups excluding tert-OH is 2. The molecule has 0 spiro atoms. The van der Waals surface area contributed by atoms with Crippen molar-refractivity contribution in [2.24, 2.45) is 0 Å². The fourth-order valence-electron chi connectivity index (χ4n) is 0.163. The van der Waals surface area contributed by atoms with Gasteiger partial charge in [0.2, 0.25) is 0 Å². The van der Waals surface area contributed by atoms with Crippen molar-refractivity contribution in [2.75, 3.05) is 20.7 Å². The first-order chi connectivity index (χ1) is 3.18. The number of nitrogens with zero attached hydrogens (tertiary/aromatic N) is 1. The molecule has 0 aliphatic carbocycles. The van der Waals surface area contributed by atoms with Crippen molar-refractivity contribution in [3.8, 4) is 0 Å². The molecule has 0 radical (unpaired) electrons. The maximum atomic E-state index is 8.61. The van der Waals surface area contributed by atoms with E-state index in [1.165, 1.54) is 4.90 Å². The Morgan fingerprint density at radius 1 is 1.57 bits per heavy atom. The van der Waals surface area contributed by atoms with E-state index in [0.29, 0.717) is 0 Å². The molecular weight excluding hydrogens is 94.0 g/mol. The van der Waals surface area contributed by atoms with Crippen LogP contribution in [-0.4, -0.2) is 42.0 Å². The molecule has 44 valence electrons. The van der Waals surface area contributed by atoms with Crippen molar-refractivity contribution >= 4 is 0 Å². The van der Waals surface area contributed by atoms with Gasteiger partial charge >= 0.3 is 0 Å². The smallest absolute Gasteiger partial charge is 0.130 e. The monoisotopic (exact) mass is 105 g/mol. The van der Waals surface area contributed by atoms with Crippen LogP contribution in [0.15, 0.2) is 0 Å². The fraction of sp³-hybridized carbons (Fsp3) is 1.00. The highest BCUT2D eigenvalue weighted by Gasteiger charge is 2.00. The third-order valence-electron chi connectivity index (χ3n) is 0.759. The van der Waals surface area contributed by atoms with Gasteiger partial charge in [0.1, 0.15) is 6.23 Å². The van der Waals surface area contributed by atoms with Gasteiger partial charge in [0.15, 0.2) is 0 Å². The highest BCUT2D eigenvalue weighted by atomic mass is 16.3. The van der Waals surface area contributed by atoms with Crippen molar-refractivity contribution in [1.82, 2.24) is 4.90 Å². The van der Waals surface area contributed by atoms with Gasteiger partial charge in [0.05, 0.1) is 6.61 Å². The molecule has 2 N–H and O–H groups in total. The Labute approximate surface area is 43.2 Å². The zero-order chi connectivity index (χ0) is 5.86. The highest BCUT2D eigenvalue weighted by Crippen LogP contribution is 1.81. The van der Waals surface area contributed by atoms with Crippen LogP contribution in [0.3, 0.4) is 0 Å². The molecular formula is C4H11NO2. The van der Waals surface area contributed by atoms with E-state index in [4.69, 9.17) is 10.2 Å². The standard InChI is InChI=1S/C4H11NO2/c1-5(2)4(7)3-6/h4,6-7H,3H2,1-2H3/t4-/m0/s1. The number of hydrogen-bond acceptors (Lipinski definition) is 3. The van der Waals surface area contributed by atoms with Crippen LogP contribution in [0.2, 0.25) is 0 Å². The molecule has 0 bridgehead atoms. The Morgan fingerprint density at radius 2 is 2.00 bits per heavy atom. The zero-order valence-corrected chi connectivity index (χ0v) is 4.63. The lowest BCUT2D eigenvalue weighted by molar-refractivity contribution is -0.00626. The van der Waals surface area contributed by atoms with Gasteiger partial charge in [-0.15, -0.1) is 0 Å². The molecule has 1 atom stereocenters. The van der Waals surface area contributed by atoms with Gasteiger partial charge in [-0.3, -0.25) is 4.90 Å². The van der Waals surface area contributed by atoms with Crippen molar-refractivity contribution in [1.29, 1.82) is 0 Å². The Bertz CT molecular complexity index is 47.0. The van der Waals surface area contributed by atoms with Gasteiger partial charge in [0, 0.05) is 0 Å². The second-order valence-corrected chi connectivity index (χ2v) is 1.63. The number of aliphatic hydroxyl groups is 2. The Balaban J connectivity index is 3.14. The second-order valence-electron chi connectivity index (χ2n) is 1.63. The maximum absolute atomic E-state index is 8.61. The lowest BCUT2D eigenvalue weighted by Gasteiger charge is -2.14. The first-order valence-electron chi connectivity index (χ1n) is 2.14. The van der Waals surface area contributed by atoms with Crippen molar-refractivity contribution in [2.45, 2.75) is 6.23 Å². The molecule has 0 aliphatic rings. The van der Waals surface area contributed by atoms with Crippen molar-refractivity contribution in [3.63, 3.8) is 0 Å². The van der Waals surface area contributed by atoms with Crippen LogP contribution in [0, 0.1) is 0 Å². The van der Waals surface area contributed by atoms with Gasteiger partial charge in [-0.1, -0.05) is 0 Å². The van der Waals surface area contributed by atoms with Gasteiger partial charge in [-0.2, -0.15) is 0 Å². The lowest BCUT2D eigenvalue weighted by Crippen LogP contribution is -2.30. The first kappa shape index (κ1) is 6.88. The van der Waals surface area contributed by atoms with E-state index in [9.17, 15) is 0 Å². The normalized spacial score (nSPS) is 15.0. The third-order valence-corrected chi connectivity index (χ3v) is 0.759. The van der Waals surface area contributed by atoms with Gasteiger partial charge in [0.25, 0.3) is 0 Å². The summed E-state index contributed by atoms with van der Waals surface area (Å²) in [6, 6.07) is 0. The summed E-state index contributed by atoms with van der Waals surface area (Å²) in [5.41, 5.74) is 0. The van der Waals surface area contributed by atoms with E-state index in [1.54, 1.807) is 14.1 Å². The molecule has 3 nitrogen and oxygen atoms in total. The van der Waals surface area contributed by atoms with E-state index >= 15 is 0 Å². The van der Waals surface area contributed by atoms with Gasteiger partial charge in [-0.05, 0) is 14.1 Å². The topological polar surface area (TPSA) is 43.7 Å². The SMILES string of the molecule is CN(C)[C@@H](O)CO. The van der Waals surface area contributed by atoms with Gasteiger partial charge < -0.3 is 10.2 Å². The Hall–Kier alpha value is -0.120. The average molecular weight is 105 g/mol. The molecule has 0 fully saturated rings. The Morgan fingerprint density at radius 3 is 2.00 bits per heavy atom. The number of rotatable bonds is 2. The minimum atomic E-state index is -0.708. The molecule has 0 heterocycles. The van der Waals surface area contributed by atoms with E-state index in [2.05, 4.69) is 0 Å². The molecule has 0 amide bonds. The van der Waals surface area contributed by atoms with E-state index in [-0.39, 0.29) is 6.61 Å². The van der Waals surface area contributed by atoms with E-state index < -0.39 is 6.23 Å². The molecule has 0 rings (SSSR count). The van der Waals surface area contributed by atoms with Crippen LogP contribution in [0.4, 0.5) is 0 Å². The van der Waals surface area contributed by atoms with Crippen LogP contribution >= 0.6 is 0 Å². The summed E-state index contributed by atoms with van der Waals surface area (Å²) >= 11 is 0. The van der Waals surface area contributed by atoms with E-state index in [1.807, 2.05) is 0 Å². The second kappa shape index (κ2) is 2.96. The summed E-state index contributed by atoms with van der Waals surface area (Å²) in [6.07, 6.45) is -0.708. The molecule has 0 saturated heterocycles. The number of hydrogen-bond donors (Lipinski definition) is 2. The minimum absolute atomic E-state index is 0.201. The molecule has 0 saturated carbocycles. The predicted molar refractivity (Wildman–Crippen MR) is 26.8 cm³/mol. The van der Waals surface area contributed by atoms with Gasteiger partial charge in [-0.25, -0.2) is 0 Å². The summed E-state index contributed by atoms with van der Waals surface area (Å²) in [5.74, 6) is 0. The first-order valence-corrected chi connectivity index (χ1v) is 2.14. The molecule has 0 aliphatic heterocycles. The van der Waals surface area contributed by atoms with Crippen LogP contribution in [-0.2, 0) is 0 Å². The predicted octanol–water partition coefficient (Wildman–Crippen LogP) is -1.14. The van der Waals surface area contributed by atoms with Crippen LogP contribution in [0.25, 0.3) is 0 Å². The quantitative estimate of drug-likeness (QED) is 0.436. The van der Waals surface area contributed by atoms with Crippen LogP contribution < -0.4 is 0 Å². The van der Waals surface area contributed by atoms with Crippen molar-refractivity contribution in [3.05, 3.63) is 0 Å². The maximum Gasteiger partial charge on any atom is 0.130 e. The van der Waals surface area contributed by atoms with E-state index in [0.717, 1.165) is 0 Å². The average Bonchev–Trinajstić information content (AvgIpc) is 1.65. The molecule has 0 aromatic rings. The summed E-state index contributed by atoms with van der Waals surface area (Å²) in [4.78, 5) is 1.53. The fourth-order valence-corrected chi connectivity index (χ4v) is 0.163. The summed E-state index contributed by atoms with van der Waals surface area (Å²) in [7, 11) is 3.39. The summed E-state index contributed by atoms with van der Waals surface area (Å²) in [6.45, 7) is -0.201. The summed E-state index contributed by atoms with van der Waals surface area (Å²) < 4.78 is 0.